The van der Waals surface area contributed by atoms with Crippen LogP contribution in [-0.2, 0) is 4.79 Å². The molecular formula is C19H18F2N2O3. The van der Waals surface area contributed by atoms with Crippen molar-refractivity contribution >= 4 is 11.8 Å². The van der Waals surface area contributed by atoms with Crippen molar-refractivity contribution in [1.29, 1.82) is 0 Å². The third-order valence-corrected chi connectivity index (χ3v) is 4.28. The van der Waals surface area contributed by atoms with Crippen molar-refractivity contribution in [3.05, 3.63) is 54.1 Å². The molecule has 2 aromatic carbocycles. The Balaban J connectivity index is 1.81. The van der Waals surface area contributed by atoms with E-state index in [1.807, 2.05) is 6.07 Å². The van der Waals surface area contributed by atoms with Crippen molar-refractivity contribution in [1.82, 2.24) is 10.2 Å². The van der Waals surface area contributed by atoms with Crippen molar-refractivity contribution in [2.24, 2.45) is 0 Å². The third-order valence-electron chi connectivity index (χ3n) is 4.28. The number of benzene rings is 2. The first-order valence-electron chi connectivity index (χ1n) is 8.19. The van der Waals surface area contributed by atoms with Gasteiger partial charge >= 0.3 is 6.61 Å². The summed E-state index contributed by atoms with van der Waals surface area (Å²) >= 11 is 0. The average Bonchev–Trinajstić information content (AvgIpc) is 2.64. The van der Waals surface area contributed by atoms with E-state index < -0.39 is 12.7 Å². The van der Waals surface area contributed by atoms with E-state index in [1.54, 1.807) is 37.3 Å². The highest BCUT2D eigenvalue weighted by Crippen LogP contribution is 2.25. The van der Waals surface area contributed by atoms with Gasteiger partial charge in [0.1, 0.15) is 11.8 Å². The van der Waals surface area contributed by atoms with E-state index in [9.17, 15) is 18.4 Å². The van der Waals surface area contributed by atoms with Crippen LogP contribution in [0.3, 0.4) is 0 Å². The summed E-state index contributed by atoms with van der Waals surface area (Å²) in [5, 5.41) is 2.73. The zero-order chi connectivity index (χ0) is 18.7. The number of amides is 2. The molecule has 1 N–H and O–H groups in total. The Labute approximate surface area is 149 Å². The summed E-state index contributed by atoms with van der Waals surface area (Å²) < 4.78 is 28.8. The fourth-order valence-corrected chi connectivity index (χ4v) is 2.89. The highest BCUT2D eigenvalue weighted by atomic mass is 19.3. The van der Waals surface area contributed by atoms with Crippen LogP contribution in [0, 0.1) is 0 Å². The van der Waals surface area contributed by atoms with Gasteiger partial charge in [0.05, 0.1) is 0 Å². The van der Waals surface area contributed by atoms with E-state index >= 15 is 0 Å². The number of nitrogens with zero attached hydrogens (tertiary/aromatic N) is 1. The van der Waals surface area contributed by atoms with Gasteiger partial charge in [0, 0.05) is 18.7 Å². The molecule has 1 aliphatic heterocycles. The molecule has 1 aliphatic rings. The summed E-state index contributed by atoms with van der Waals surface area (Å²) in [6.07, 6.45) is 0. The molecule has 2 amide bonds. The molecule has 1 atom stereocenters. The number of nitrogens with one attached hydrogen (secondary N) is 1. The highest BCUT2D eigenvalue weighted by Gasteiger charge is 2.29. The molecule has 0 saturated carbocycles. The second kappa shape index (κ2) is 7.51. The van der Waals surface area contributed by atoms with Crippen LogP contribution < -0.4 is 10.1 Å². The molecule has 7 heteroatoms. The van der Waals surface area contributed by atoms with Crippen molar-refractivity contribution < 1.29 is 23.1 Å². The summed E-state index contributed by atoms with van der Waals surface area (Å²) in [5.74, 6) is -0.314. The quantitative estimate of drug-likeness (QED) is 0.912. The molecule has 136 valence electrons. The number of alkyl halides is 2. The molecule has 0 aliphatic carbocycles. The minimum atomic E-state index is -2.87. The van der Waals surface area contributed by atoms with Crippen molar-refractivity contribution in [3.63, 3.8) is 0 Å². The Bertz CT molecular complexity index is 809. The van der Waals surface area contributed by atoms with E-state index in [2.05, 4.69) is 10.1 Å². The lowest BCUT2D eigenvalue weighted by Crippen LogP contribution is -2.55. The van der Waals surface area contributed by atoms with Gasteiger partial charge in [-0.25, -0.2) is 0 Å². The number of carbonyl (C=O) groups excluding carboxylic acids is 2. The lowest BCUT2D eigenvalue weighted by atomic mass is 10.0. The molecule has 5 nitrogen and oxygen atoms in total. The number of halogens is 2. The monoisotopic (exact) mass is 360 g/mol. The highest BCUT2D eigenvalue weighted by molar-refractivity contribution is 5.99. The average molecular weight is 360 g/mol. The van der Waals surface area contributed by atoms with E-state index in [-0.39, 0.29) is 17.6 Å². The summed E-state index contributed by atoms with van der Waals surface area (Å²) in [7, 11) is 0. The SMILES string of the molecule is CC1C(=O)NCCN1C(=O)c1cccc(-c2ccc(OC(F)F)cc2)c1. The Hall–Kier alpha value is -2.96. The van der Waals surface area contributed by atoms with Gasteiger partial charge in [0.15, 0.2) is 0 Å². The normalized spacial score (nSPS) is 17.2. The molecule has 1 saturated heterocycles. The van der Waals surface area contributed by atoms with Crippen molar-refractivity contribution in [2.75, 3.05) is 13.1 Å². The number of piperazine rings is 1. The molecule has 0 spiro atoms. The van der Waals surface area contributed by atoms with Crippen LogP contribution in [0.5, 0.6) is 5.75 Å². The molecule has 3 rings (SSSR count). The van der Waals surface area contributed by atoms with Crippen LogP contribution in [0.25, 0.3) is 11.1 Å². The number of ether oxygens (including phenoxy) is 1. The molecule has 2 aromatic rings. The number of hydrogen-bond acceptors (Lipinski definition) is 3. The van der Waals surface area contributed by atoms with Gasteiger partial charge in [0.2, 0.25) is 5.91 Å². The van der Waals surface area contributed by atoms with E-state index in [0.717, 1.165) is 11.1 Å². The Morgan fingerprint density at radius 2 is 1.92 bits per heavy atom. The van der Waals surface area contributed by atoms with Crippen molar-refractivity contribution in [2.45, 2.75) is 19.6 Å². The Morgan fingerprint density at radius 1 is 1.19 bits per heavy atom. The maximum Gasteiger partial charge on any atom is 0.387 e. The second-order valence-electron chi connectivity index (χ2n) is 5.95. The van der Waals surface area contributed by atoms with E-state index in [1.165, 1.54) is 17.0 Å². The Morgan fingerprint density at radius 3 is 2.62 bits per heavy atom. The van der Waals surface area contributed by atoms with Crippen LogP contribution in [0.2, 0.25) is 0 Å². The standard InChI is InChI=1S/C19H18F2N2O3/c1-12-17(24)22-9-10-23(12)18(25)15-4-2-3-14(11-15)13-5-7-16(8-6-13)26-19(20)21/h2-8,11-12,19H,9-10H2,1H3,(H,22,24). The van der Waals surface area contributed by atoms with Gasteiger partial charge in [-0.05, 0) is 42.3 Å². The minimum Gasteiger partial charge on any atom is -0.435 e. The zero-order valence-corrected chi connectivity index (χ0v) is 14.1. The van der Waals surface area contributed by atoms with Gasteiger partial charge in [-0.15, -0.1) is 0 Å². The topological polar surface area (TPSA) is 58.6 Å². The van der Waals surface area contributed by atoms with Gasteiger partial charge in [-0.1, -0.05) is 24.3 Å². The Kier molecular flexibility index (Phi) is 5.16. The fourth-order valence-electron chi connectivity index (χ4n) is 2.89. The molecule has 26 heavy (non-hydrogen) atoms. The molecule has 0 aromatic heterocycles. The molecule has 0 bridgehead atoms. The van der Waals surface area contributed by atoms with Crippen LogP contribution in [-0.4, -0.2) is 42.5 Å². The van der Waals surface area contributed by atoms with Gasteiger partial charge in [0.25, 0.3) is 5.91 Å². The fraction of sp³-hybridized carbons (Fsp3) is 0.263. The smallest absolute Gasteiger partial charge is 0.387 e. The number of carbonyl (C=O) groups is 2. The maximum atomic E-state index is 12.8. The summed E-state index contributed by atoms with van der Waals surface area (Å²) in [6, 6.07) is 12.7. The number of hydrogen-bond donors (Lipinski definition) is 1. The van der Waals surface area contributed by atoms with Gasteiger partial charge < -0.3 is 15.0 Å². The minimum absolute atomic E-state index is 0.0733. The molecular weight excluding hydrogens is 342 g/mol. The number of rotatable bonds is 4. The predicted molar refractivity (Wildman–Crippen MR) is 92.0 cm³/mol. The second-order valence-corrected chi connectivity index (χ2v) is 5.95. The largest absolute Gasteiger partial charge is 0.435 e. The van der Waals surface area contributed by atoms with Crippen LogP contribution >= 0.6 is 0 Å². The summed E-state index contributed by atoms with van der Waals surface area (Å²) in [5.41, 5.74) is 2.01. The first kappa shape index (κ1) is 17.8. The first-order chi connectivity index (χ1) is 12.5. The van der Waals surface area contributed by atoms with Crippen molar-refractivity contribution in [3.8, 4) is 16.9 Å². The third kappa shape index (κ3) is 3.82. The van der Waals surface area contributed by atoms with Crippen LogP contribution in [0.15, 0.2) is 48.5 Å². The maximum absolute atomic E-state index is 12.8. The molecule has 1 unspecified atom stereocenters. The van der Waals surface area contributed by atoms with E-state index in [4.69, 9.17) is 0 Å². The van der Waals surface area contributed by atoms with Crippen LogP contribution in [0.4, 0.5) is 8.78 Å². The first-order valence-corrected chi connectivity index (χ1v) is 8.19. The van der Waals surface area contributed by atoms with Crippen LogP contribution in [0.1, 0.15) is 17.3 Å². The lowest BCUT2D eigenvalue weighted by Gasteiger charge is -2.32. The van der Waals surface area contributed by atoms with Gasteiger partial charge in [-0.2, -0.15) is 8.78 Å². The summed E-state index contributed by atoms with van der Waals surface area (Å²) in [6.45, 7) is -0.293. The molecule has 1 heterocycles. The predicted octanol–water partition coefficient (Wildman–Crippen LogP) is 2.92. The lowest BCUT2D eigenvalue weighted by molar-refractivity contribution is -0.127. The molecule has 1 fully saturated rings. The summed E-state index contributed by atoms with van der Waals surface area (Å²) in [4.78, 5) is 26.1. The molecule has 0 radical (unpaired) electrons. The zero-order valence-electron chi connectivity index (χ0n) is 14.1. The van der Waals surface area contributed by atoms with E-state index in [0.29, 0.717) is 18.7 Å². The van der Waals surface area contributed by atoms with Gasteiger partial charge in [-0.3, -0.25) is 9.59 Å².